The Labute approximate surface area is 176 Å². The van der Waals surface area contributed by atoms with Gasteiger partial charge in [-0.15, -0.1) is 0 Å². The van der Waals surface area contributed by atoms with E-state index in [9.17, 15) is 18.0 Å². The second-order valence-electron chi connectivity index (χ2n) is 6.92. The van der Waals surface area contributed by atoms with Crippen molar-refractivity contribution in [3.05, 3.63) is 70.7 Å². The van der Waals surface area contributed by atoms with Crippen LogP contribution in [0.1, 0.15) is 15.9 Å². The fourth-order valence-corrected chi connectivity index (χ4v) is 3.79. The molecule has 0 spiro atoms. The van der Waals surface area contributed by atoms with E-state index in [1.54, 1.807) is 36.4 Å². The van der Waals surface area contributed by atoms with Crippen LogP contribution >= 0.6 is 11.6 Å². The highest BCUT2D eigenvalue weighted by Crippen LogP contribution is 2.36. The first-order chi connectivity index (χ1) is 14.3. The van der Waals surface area contributed by atoms with Crippen molar-refractivity contribution in [2.75, 3.05) is 36.5 Å². The summed E-state index contributed by atoms with van der Waals surface area (Å²) in [5.41, 5.74) is 0.143. The van der Waals surface area contributed by atoms with Gasteiger partial charge in [-0.05, 0) is 35.7 Å². The SMILES string of the molecule is O=C(Nc1cc(C(F)(F)F)ccc1N1CCOCC1)c1cccc2c(Cl)cccc12. The highest BCUT2D eigenvalue weighted by atomic mass is 35.5. The lowest BCUT2D eigenvalue weighted by atomic mass is 10.0. The third-order valence-corrected chi connectivity index (χ3v) is 5.37. The maximum absolute atomic E-state index is 13.3. The lowest BCUT2D eigenvalue weighted by Gasteiger charge is -2.31. The van der Waals surface area contributed by atoms with E-state index in [2.05, 4.69) is 5.32 Å². The number of morpholine rings is 1. The predicted molar refractivity (Wildman–Crippen MR) is 111 cm³/mol. The molecule has 0 unspecified atom stereocenters. The van der Waals surface area contributed by atoms with Gasteiger partial charge in [0.25, 0.3) is 5.91 Å². The van der Waals surface area contributed by atoms with Crippen LogP contribution in [0.3, 0.4) is 0 Å². The minimum Gasteiger partial charge on any atom is -0.378 e. The summed E-state index contributed by atoms with van der Waals surface area (Å²) in [6.45, 7) is 1.99. The highest BCUT2D eigenvalue weighted by molar-refractivity contribution is 6.36. The predicted octanol–water partition coefficient (Wildman–Crippen LogP) is 5.60. The number of hydrogen-bond acceptors (Lipinski definition) is 3. The molecule has 156 valence electrons. The summed E-state index contributed by atoms with van der Waals surface area (Å²) in [6, 6.07) is 13.7. The first-order valence-electron chi connectivity index (χ1n) is 9.37. The summed E-state index contributed by atoms with van der Waals surface area (Å²) in [7, 11) is 0. The minimum absolute atomic E-state index is 0.107. The van der Waals surface area contributed by atoms with Gasteiger partial charge in [0.1, 0.15) is 0 Å². The molecule has 30 heavy (non-hydrogen) atoms. The van der Waals surface area contributed by atoms with Crippen molar-refractivity contribution >= 4 is 39.7 Å². The number of anilines is 2. The number of halogens is 4. The van der Waals surface area contributed by atoms with Crippen molar-refractivity contribution < 1.29 is 22.7 Å². The summed E-state index contributed by atoms with van der Waals surface area (Å²) in [6.07, 6.45) is -4.52. The number of amides is 1. The molecule has 1 heterocycles. The standard InChI is InChI=1S/C22H18ClF3N2O2/c23-18-6-2-3-15-16(18)4-1-5-17(15)21(29)27-19-13-14(22(24,25)26)7-8-20(19)28-9-11-30-12-10-28/h1-8,13H,9-12H2,(H,27,29). The van der Waals surface area contributed by atoms with Crippen LogP contribution in [-0.2, 0) is 10.9 Å². The number of nitrogens with one attached hydrogen (secondary N) is 1. The molecule has 0 saturated carbocycles. The Morgan fingerprint density at radius 2 is 1.70 bits per heavy atom. The van der Waals surface area contributed by atoms with E-state index in [0.29, 0.717) is 53.3 Å². The van der Waals surface area contributed by atoms with Crippen LogP contribution in [0.25, 0.3) is 10.8 Å². The number of carbonyl (C=O) groups is 1. The van der Waals surface area contributed by atoms with Gasteiger partial charge in [0.05, 0.1) is 30.2 Å². The molecule has 1 aliphatic rings. The fourth-order valence-electron chi connectivity index (χ4n) is 3.55. The van der Waals surface area contributed by atoms with Crippen LogP contribution < -0.4 is 10.2 Å². The van der Waals surface area contributed by atoms with E-state index >= 15 is 0 Å². The first-order valence-corrected chi connectivity index (χ1v) is 9.75. The Morgan fingerprint density at radius 3 is 2.43 bits per heavy atom. The average molecular weight is 435 g/mol. The lowest BCUT2D eigenvalue weighted by Crippen LogP contribution is -2.36. The molecule has 0 aliphatic carbocycles. The highest BCUT2D eigenvalue weighted by Gasteiger charge is 2.32. The summed E-state index contributed by atoms with van der Waals surface area (Å²) >= 11 is 6.22. The van der Waals surface area contributed by atoms with Gasteiger partial charge >= 0.3 is 6.18 Å². The maximum atomic E-state index is 13.3. The molecule has 3 aromatic rings. The third-order valence-electron chi connectivity index (χ3n) is 5.04. The molecule has 1 aliphatic heterocycles. The second-order valence-corrected chi connectivity index (χ2v) is 7.33. The molecule has 0 radical (unpaired) electrons. The average Bonchev–Trinajstić information content (AvgIpc) is 2.73. The zero-order valence-electron chi connectivity index (χ0n) is 15.8. The molecule has 1 amide bonds. The van der Waals surface area contributed by atoms with Crippen LogP contribution in [0.2, 0.25) is 5.02 Å². The maximum Gasteiger partial charge on any atom is 0.416 e. The fraction of sp³-hybridized carbons (Fsp3) is 0.227. The van der Waals surface area contributed by atoms with E-state index in [1.807, 2.05) is 4.90 Å². The lowest BCUT2D eigenvalue weighted by molar-refractivity contribution is -0.137. The third kappa shape index (κ3) is 4.08. The van der Waals surface area contributed by atoms with Gasteiger partial charge in [-0.3, -0.25) is 4.79 Å². The number of alkyl halides is 3. The topological polar surface area (TPSA) is 41.6 Å². The largest absolute Gasteiger partial charge is 0.416 e. The van der Waals surface area contributed by atoms with E-state index in [-0.39, 0.29) is 5.69 Å². The Kier molecular flexibility index (Phi) is 5.58. The minimum atomic E-state index is -4.52. The first kappa shape index (κ1) is 20.5. The monoisotopic (exact) mass is 434 g/mol. The van der Waals surface area contributed by atoms with Gasteiger partial charge in [0.2, 0.25) is 0 Å². The van der Waals surface area contributed by atoms with Gasteiger partial charge in [-0.25, -0.2) is 0 Å². The number of carbonyl (C=O) groups excluding carboxylic acids is 1. The zero-order chi connectivity index (χ0) is 21.3. The molecule has 1 N–H and O–H groups in total. The Balaban J connectivity index is 1.74. The number of hydrogen-bond donors (Lipinski definition) is 1. The number of nitrogens with zero attached hydrogens (tertiary/aromatic N) is 1. The summed E-state index contributed by atoms with van der Waals surface area (Å²) < 4.78 is 45.2. The molecule has 0 atom stereocenters. The normalized spacial score (nSPS) is 14.7. The van der Waals surface area contributed by atoms with Gasteiger partial charge in [-0.1, -0.05) is 35.9 Å². The van der Waals surface area contributed by atoms with E-state index in [1.165, 1.54) is 6.07 Å². The van der Waals surface area contributed by atoms with Crippen LogP contribution in [0, 0.1) is 0 Å². The Morgan fingerprint density at radius 1 is 1.00 bits per heavy atom. The van der Waals surface area contributed by atoms with Crippen molar-refractivity contribution in [2.24, 2.45) is 0 Å². The summed E-state index contributed by atoms with van der Waals surface area (Å²) in [5.74, 6) is -0.503. The molecule has 0 bridgehead atoms. The van der Waals surface area contributed by atoms with Gasteiger partial charge in [0, 0.05) is 29.1 Å². The number of benzene rings is 3. The summed E-state index contributed by atoms with van der Waals surface area (Å²) in [5, 5.41) is 4.50. The molecule has 1 fully saturated rings. The van der Waals surface area contributed by atoms with Crippen molar-refractivity contribution in [3.63, 3.8) is 0 Å². The van der Waals surface area contributed by atoms with Crippen LogP contribution in [0.4, 0.5) is 24.5 Å². The van der Waals surface area contributed by atoms with Crippen molar-refractivity contribution in [1.29, 1.82) is 0 Å². The number of ether oxygens (including phenoxy) is 1. The van der Waals surface area contributed by atoms with Crippen molar-refractivity contribution in [3.8, 4) is 0 Å². The number of fused-ring (bicyclic) bond motifs is 1. The van der Waals surface area contributed by atoms with Crippen molar-refractivity contribution in [2.45, 2.75) is 6.18 Å². The van der Waals surface area contributed by atoms with E-state index in [0.717, 1.165) is 12.1 Å². The van der Waals surface area contributed by atoms with Crippen LogP contribution in [0.5, 0.6) is 0 Å². The smallest absolute Gasteiger partial charge is 0.378 e. The van der Waals surface area contributed by atoms with Gasteiger partial charge in [0.15, 0.2) is 0 Å². The van der Waals surface area contributed by atoms with Gasteiger partial charge in [-0.2, -0.15) is 13.2 Å². The van der Waals surface area contributed by atoms with Crippen LogP contribution in [0.15, 0.2) is 54.6 Å². The van der Waals surface area contributed by atoms with E-state index < -0.39 is 17.6 Å². The number of rotatable bonds is 3. The molecular weight excluding hydrogens is 417 g/mol. The molecule has 0 aromatic heterocycles. The summed E-state index contributed by atoms with van der Waals surface area (Å²) in [4.78, 5) is 15.0. The molecular formula is C22H18ClF3N2O2. The molecule has 1 saturated heterocycles. The van der Waals surface area contributed by atoms with Gasteiger partial charge < -0.3 is 15.0 Å². The zero-order valence-corrected chi connectivity index (χ0v) is 16.6. The quantitative estimate of drug-likeness (QED) is 0.583. The Hall–Kier alpha value is -2.77. The Bertz CT molecular complexity index is 1100. The molecule has 4 nitrogen and oxygen atoms in total. The second kappa shape index (κ2) is 8.16. The van der Waals surface area contributed by atoms with Crippen molar-refractivity contribution in [1.82, 2.24) is 0 Å². The van der Waals surface area contributed by atoms with E-state index in [4.69, 9.17) is 16.3 Å². The molecule has 4 rings (SSSR count). The molecule has 8 heteroatoms. The van der Waals surface area contributed by atoms with Crippen LogP contribution in [-0.4, -0.2) is 32.2 Å². The molecule has 3 aromatic carbocycles.